The fourth-order valence-electron chi connectivity index (χ4n) is 2.51. The molecule has 0 aliphatic heterocycles. The van der Waals surface area contributed by atoms with Crippen molar-refractivity contribution in [2.24, 2.45) is 0 Å². The molecular weight excluding hydrogens is 328 g/mol. The summed E-state index contributed by atoms with van der Waals surface area (Å²) in [6, 6.07) is 6.93. The van der Waals surface area contributed by atoms with Gasteiger partial charge in [0.25, 0.3) is 12.3 Å². The van der Waals surface area contributed by atoms with E-state index in [2.05, 4.69) is 15.6 Å². The van der Waals surface area contributed by atoms with E-state index in [1.165, 1.54) is 0 Å². The lowest BCUT2D eigenvalue weighted by Crippen LogP contribution is -2.23. The number of pyridine rings is 1. The van der Waals surface area contributed by atoms with Crippen LogP contribution < -0.4 is 15.4 Å². The van der Waals surface area contributed by atoms with E-state index in [0.717, 1.165) is 16.7 Å². The van der Waals surface area contributed by atoms with Gasteiger partial charge >= 0.3 is 0 Å². The van der Waals surface area contributed by atoms with E-state index in [1.54, 1.807) is 39.2 Å². The fraction of sp³-hybridized carbons (Fsp3) is 0.333. The Balaban J connectivity index is 2.04. The predicted octanol–water partition coefficient (Wildman–Crippen LogP) is 3.31. The molecule has 0 saturated carbocycles. The average molecular weight is 349 g/mol. The summed E-state index contributed by atoms with van der Waals surface area (Å²) in [4.78, 5) is 16.3. The summed E-state index contributed by atoms with van der Waals surface area (Å²) in [7, 11) is 1.73. The Kier molecular flexibility index (Phi) is 6.27. The molecular formula is C18H21F2N3O2. The van der Waals surface area contributed by atoms with Gasteiger partial charge in [0.05, 0.1) is 0 Å². The van der Waals surface area contributed by atoms with Crippen LogP contribution in [0.1, 0.15) is 27.0 Å². The summed E-state index contributed by atoms with van der Waals surface area (Å²) >= 11 is 0. The van der Waals surface area contributed by atoms with E-state index in [0.29, 0.717) is 23.7 Å². The number of aryl methyl sites for hydroxylation is 2. The third-order valence-corrected chi connectivity index (χ3v) is 3.61. The van der Waals surface area contributed by atoms with Gasteiger partial charge in [0, 0.05) is 25.4 Å². The largest absolute Gasteiger partial charge is 0.487 e. The number of hydrogen-bond donors (Lipinski definition) is 2. The molecule has 1 amide bonds. The van der Waals surface area contributed by atoms with Crippen molar-refractivity contribution in [3.63, 3.8) is 0 Å². The number of halogens is 2. The minimum atomic E-state index is -2.51. The predicted molar refractivity (Wildman–Crippen MR) is 92.4 cm³/mol. The van der Waals surface area contributed by atoms with Gasteiger partial charge in [-0.3, -0.25) is 4.79 Å². The lowest BCUT2D eigenvalue weighted by atomic mass is 10.1. The van der Waals surface area contributed by atoms with Crippen LogP contribution in [0.15, 0.2) is 30.5 Å². The Hall–Kier alpha value is -2.70. The first-order valence-electron chi connectivity index (χ1n) is 7.83. The van der Waals surface area contributed by atoms with Gasteiger partial charge in [0.2, 0.25) is 0 Å². The number of alkyl halides is 2. The third-order valence-electron chi connectivity index (χ3n) is 3.61. The molecule has 7 heteroatoms. The standard InChI is InChI=1S/C18H21F2N3O2/c1-11-6-13(7-12(2)17(11)25-10-15(19)20)9-23-18(24)14-4-5-22-16(8-14)21-3/h4-8,15H,9-10H2,1-3H3,(H,21,22)(H,23,24). The number of nitrogens with zero attached hydrogens (tertiary/aromatic N) is 1. The van der Waals surface area contributed by atoms with E-state index in [1.807, 2.05) is 12.1 Å². The molecule has 5 nitrogen and oxygen atoms in total. The molecule has 2 aromatic rings. The van der Waals surface area contributed by atoms with Crippen molar-refractivity contribution in [1.82, 2.24) is 10.3 Å². The second-order valence-corrected chi connectivity index (χ2v) is 5.62. The van der Waals surface area contributed by atoms with E-state index >= 15 is 0 Å². The molecule has 0 bridgehead atoms. The molecule has 1 heterocycles. The van der Waals surface area contributed by atoms with Crippen molar-refractivity contribution in [3.05, 3.63) is 52.7 Å². The minimum Gasteiger partial charge on any atom is -0.487 e. The molecule has 0 aliphatic rings. The van der Waals surface area contributed by atoms with Gasteiger partial charge in [0.15, 0.2) is 0 Å². The topological polar surface area (TPSA) is 63.2 Å². The number of aromatic nitrogens is 1. The lowest BCUT2D eigenvalue weighted by molar-refractivity contribution is 0.0812. The highest BCUT2D eigenvalue weighted by atomic mass is 19.3. The Bertz CT molecular complexity index is 728. The highest BCUT2D eigenvalue weighted by Crippen LogP contribution is 2.25. The summed E-state index contributed by atoms with van der Waals surface area (Å²) in [6.45, 7) is 3.28. The molecule has 0 saturated heterocycles. The molecule has 0 unspecified atom stereocenters. The first-order valence-corrected chi connectivity index (χ1v) is 7.83. The first kappa shape index (κ1) is 18.6. The monoisotopic (exact) mass is 349 g/mol. The number of anilines is 1. The van der Waals surface area contributed by atoms with Crippen LogP contribution >= 0.6 is 0 Å². The molecule has 2 rings (SSSR count). The Morgan fingerprint density at radius 1 is 1.24 bits per heavy atom. The summed E-state index contributed by atoms with van der Waals surface area (Å²) in [6.07, 6.45) is -0.954. The van der Waals surface area contributed by atoms with Crippen LogP contribution in [0.4, 0.5) is 14.6 Å². The quantitative estimate of drug-likeness (QED) is 0.805. The van der Waals surface area contributed by atoms with Crippen LogP contribution in [0.2, 0.25) is 0 Å². The van der Waals surface area contributed by atoms with Gasteiger partial charge in [-0.05, 0) is 42.7 Å². The molecule has 25 heavy (non-hydrogen) atoms. The molecule has 1 aromatic heterocycles. The zero-order valence-corrected chi connectivity index (χ0v) is 14.4. The average Bonchev–Trinajstić information content (AvgIpc) is 2.58. The summed E-state index contributed by atoms with van der Waals surface area (Å²) in [5, 5.41) is 5.71. The van der Waals surface area contributed by atoms with Gasteiger partial charge in [-0.2, -0.15) is 0 Å². The van der Waals surface area contributed by atoms with Crippen LogP contribution in [0.3, 0.4) is 0 Å². The second kappa shape index (κ2) is 8.41. The molecule has 1 aromatic carbocycles. The van der Waals surface area contributed by atoms with Gasteiger partial charge in [-0.15, -0.1) is 0 Å². The van der Waals surface area contributed by atoms with Crippen LogP contribution in [0.5, 0.6) is 5.75 Å². The third kappa shape index (κ3) is 5.14. The number of benzene rings is 1. The van der Waals surface area contributed by atoms with E-state index in [-0.39, 0.29) is 5.91 Å². The lowest BCUT2D eigenvalue weighted by Gasteiger charge is -2.14. The highest BCUT2D eigenvalue weighted by Gasteiger charge is 2.11. The van der Waals surface area contributed by atoms with Crippen molar-refractivity contribution in [1.29, 1.82) is 0 Å². The van der Waals surface area contributed by atoms with E-state index in [9.17, 15) is 13.6 Å². The van der Waals surface area contributed by atoms with Crippen molar-refractivity contribution < 1.29 is 18.3 Å². The SMILES string of the molecule is CNc1cc(C(=O)NCc2cc(C)c(OCC(F)F)c(C)c2)ccn1. The molecule has 0 fully saturated rings. The van der Waals surface area contributed by atoms with Crippen molar-refractivity contribution in [2.75, 3.05) is 19.0 Å². The normalized spacial score (nSPS) is 10.6. The first-order chi connectivity index (χ1) is 11.9. The molecule has 2 N–H and O–H groups in total. The second-order valence-electron chi connectivity index (χ2n) is 5.62. The Morgan fingerprint density at radius 2 is 1.92 bits per heavy atom. The minimum absolute atomic E-state index is 0.216. The molecule has 0 atom stereocenters. The number of carbonyl (C=O) groups excluding carboxylic acids is 1. The van der Waals surface area contributed by atoms with Crippen molar-refractivity contribution in [2.45, 2.75) is 26.8 Å². The van der Waals surface area contributed by atoms with Crippen LogP contribution in [0, 0.1) is 13.8 Å². The van der Waals surface area contributed by atoms with Gasteiger partial charge < -0.3 is 15.4 Å². The van der Waals surface area contributed by atoms with Crippen LogP contribution in [-0.4, -0.2) is 31.0 Å². The number of amides is 1. The number of nitrogens with one attached hydrogen (secondary N) is 2. The smallest absolute Gasteiger partial charge is 0.272 e. The van der Waals surface area contributed by atoms with Crippen molar-refractivity contribution >= 4 is 11.7 Å². The van der Waals surface area contributed by atoms with Crippen LogP contribution in [0.25, 0.3) is 0 Å². The molecule has 0 radical (unpaired) electrons. The zero-order valence-electron chi connectivity index (χ0n) is 14.4. The van der Waals surface area contributed by atoms with E-state index < -0.39 is 13.0 Å². The maximum absolute atomic E-state index is 12.3. The maximum Gasteiger partial charge on any atom is 0.272 e. The Labute approximate surface area is 145 Å². The zero-order chi connectivity index (χ0) is 18.4. The summed E-state index contributed by atoms with van der Waals surface area (Å²) in [5.41, 5.74) is 2.89. The highest BCUT2D eigenvalue weighted by molar-refractivity contribution is 5.94. The number of ether oxygens (including phenoxy) is 1. The van der Waals surface area contributed by atoms with Gasteiger partial charge in [-0.25, -0.2) is 13.8 Å². The van der Waals surface area contributed by atoms with Crippen molar-refractivity contribution in [3.8, 4) is 5.75 Å². The summed E-state index contributed by atoms with van der Waals surface area (Å²) < 4.78 is 29.8. The molecule has 0 aliphatic carbocycles. The Morgan fingerprint density at radius 3 is 2.52 bits per heavy atom. The number of carbonyl (C=O) groups is 1. The number of hydrogen-bond acceptors (Lipinski definition) is 4. The maximum atomic E-state index is 12.3. The fourth-order valence-corrected chi connectivity index (χ4v) is 2.51. The molecule has 134 valence electrons. The van der Waals surface area contributed by atoms with Crippen LogP contribution in [-0.2, 0) is 6.54 Å². The van der Waals surface area contributed by atoms with Gasteiger partial charge in [0.1, 0.15) is 18.2 Å². The van der Waals surface area contributed by atoms with Gasteiger partial charge in [-0.1, -0.05) is 12.1 Å². The molecule has 0 spiro atoms. The van der Waals surface area contributed by atoms with E-state index in [4.69, 9.17) is 4.74 Å². The number of rotatable bonds is 7. The summed E-state index contributed by atoms with van der Waals surface area (Å²) in [5.74, 6) is 0.857.